The van der Waals surface area contributed by atoms with Crippen molar-refractivity contribution in [1.29, 1.82) is 0 Å². The van der Waals surface area contributed by atoms with Crippen molar-refractivity contribution in [2.45, 2.75) is 19.8 Å². The van der Waals surface area contributed by atoms with Crippen LogP contribution in [0.1, 0.15) is 19.8 Å². The standard InChI is InChI=1S/C10H19ClN2O3S/c1-2-9-17(15,16)13-7-5-12(6-8-13)10(14)3-4-11/h2-9H2,1H3. The summed E-state index contributed by atoms with van der Waals surface area (Å²) < 4.78 is 25.1. The van der Waals surface area contributed by atoms with Crippen LogP contribution in [0.25, 0.3) is 0 Å². The van der Waals surface area contributed by atoms with E-state index in [9.17, 15) is 13.2 Å². The van der Waals surface area contributed by atoms with Gasteiger partial charge < -0.3 is 4.90 Å². The number of hydrogen-bond acceptors (Lipinski definition) is 3. The van der Waals surface area contributed by atoms with Gasteiger partial charge in [0.15, 0.2) is 0 Å². The van der Waals surface area contributed by atoms with Crippen molar-refractivity contribution < 1.29 is 13.2 Å². The van der Waals surface area contributed by atoms with Crippen molar-refractivity contribution in [2.75, 3.05) is 37.8 Å². The van der Waals surface area contributed by atoms with Crippen molar-refractivity contribution in [3.05, 3.63) is 0 Å². The maximum Gasteiger partial charge on any atom is 0.223 e. The Balaban J connectivity index is 2.48. The summed E-state index contributed by atoms with van der Waals surface area (Å²) in [5, 5.41) is 0. The van der Waals surface area contributed by atoms with Crippen molar-refractivity contribution in [3.63, 3.8) is 0 Å². The van der Waals surface area contributed by atoms with Crippen molar-refractivity contribution >= 4 is 27.5 Å². The lowest BCUT2D eigenvalue weighted by Crippen LogP contribution is -2.51. The predicted molar refractivity (Wildman–Crippen MR) is 67.6 cm³/mol. The number of carbonyl (C=O) groups is 1. The number of alkyl halides is 1. The monoisotopic (exact) mass is 282 g/mol. The molecule has 1 amide bonds. The topological polar surface area (TPSA) is 57.7 Å². The Kier molecular flexibility index (Phi) is 5.69. The summed E-state index contributed by atoms with van der Waals surface area (Å²) in [6.45, 7) is 3.59. The molecule has 0 spiro atoms. The van der Waals surface area contributed by atoms with Crippen LogP contribution in [0.2, 0.25) is 0 Å². The van der Waals surface area contributed by atoms with Gasteiger partial charge in [0.25, 0.3) is 0 Å². The zero-order valence-corrected chi connectivity index (χ0v) is 11.6. The molecule has 0 bridgehead atoms. The summed E-state index contributed by atoms with van der Waals surface area (Å²) in [5.41, 5.74) is 0. The first-order valence-corrected chi connectivity index (χ1v) is 7.97. The van der Waals surface area contributed by atoms with E-state index in [0.29, 0.717) is 44.9 Å². The highest BCUT2D eigenvalue weighted by Gasteiger charge is 2.27. The first-order valence-electron chi connectivity index (χ1n) is 5.83. The van der Waals surface area contributed by atoms with E-state index in [1.165, 1.54) is 4.31 Å². The Bertz CT molecular complexity index is 351. The number of piperazine rings is 1. The molecule has 5 nitrogen and oxygen atoms in total. The molecule has 7 heteroatoms. The molecular formula is C10H19ClN2O3S. The van der Waals surface area contributed by atoms with Gasteiger partial charge in [0.2, 0.25) is 15.9 Å². The number of amides is 1. The molecule has 0 atom stereocenters. The van der Waals surface area contributed by atoms with Crippen LogP contribution in [0.4, 0.5) is 0 Å². The zero-order chi connectivity index (χ0) is 12.9. The second kappa shape index (κ2) is 6.56. The first kappa shape index (κ1) is 14.7. The molecule has 17 heavy (non-hydrogen) atoms. The third kappa shape index (κ3) is 4.12. The molecule has 0 unspecified atom stereocenters. The number of sulfonamides is 1. The highest BCUT2D eigenvalue weighted by Crippen LogP contribution is 2.10. The summed E-state index contributed by atoms with van der Waals surface area (Å²) in [7, 11) is -3.13. The smallest absolute Gasteiger partial charge is 0.223 e. The van der Waals surface area contributed by atoms with E-state index in [4.69, 9.17) is 11.6 Å². The van der Waals surface area contributed by atoms with E-state index in [-0.39, 0.29) is 11.7 Å². The Morgan fingerprint density at radius 1 is 1.24 bits per heavy atom. The van der Waals surface area contributed by atoms with Gasteiger partial charge in [0, 0.05) is 38.5 Å². The van der Waals surface area contributed by atoms with E-state index < -0.39 is 10.0 Å². The van der Waals surface area contributed by atoms with E-state index in [1.54, 1.807) is 4.90 Å². The fourth-order valence-electron chi connectivity index (χ4n) is 1.84. The molecule has 0 aliphatic carbocycles. The van der Waals surface area contributed by atoms with Crippen LogP contribution in [0.15, 0.2) is 0 Å². The second-order valence-electron chi connectivity index (χ2n) is 4.03. The van der Waals surface area contributed by atoms with Crippen LogP contribution in [0, 0.1) is 0 Å². The molecule has 0 aromatic rings. The molecule has 0 aromatic heterocycles. The van der Waals surface area contributed by atoms with Crippen LogP contribution >= 0.6 is 11.6 Å². The fourth-order valence-corrected chi connectivity index (χ4v) is 3.50. The summed E-state index contributed by atoms with van der Waals surface area (Å²) in [6, 6.07) is 0. The van der Waals surface area contributed by atoms with Gasteiger partial charge >= 0.3 is 0 Å². The molecule has 0 N–H and O–H groups in total. The molecule has 1 fully saturated rings. The molecule has 1 aliphatic rings. The molecule has 100 valence electrons. The van der Waals surface area contributed by atoms with Gasteiger partial charge in [0.05, 0.1) is 5.75 Å². The van der Waals surface area contributed by atoms with Crippen LogP contribution in [-0.4, -0.2) is 61.3 Å². The summed E-state index contributed by atoms with van der Waals surface area (Å²) in [5.74, 6) is 0.503. The average Bonchev–Trinajstić information content (AvgIpc) is 2.29. The van der Waals surface area contributed by atoms with Gasteiger partial charge in [-0.3, -0.25) is 4.79 Å². The quantitative estimate of drug-likeness (QED) is 0.690. The van der Waals surface area contributed by atoms with E-state index in [0.717, 1.165) is 0 Å². The lowest BCUT2D eigenvalue weighted by atomic mass is 10.3. The molecule has 0 radical (unpaired) electrons. The highest BCUT2D eigenvalue weighted by atomic mass is 35.5. The molecule has 1 aliphatic heterocycles. The van der Waals surface area contributed by atoms with Crippen LogP contribution in [0.3, 0.4) is 0 Å². The normalized spacial score (nSPS) is 18.4. The van der Waals surface area contributed by atoms with Gasteiger partial charge in [-0.2, -0.15) is 4.31 Å². The molecule has 1 heterocycles. The van der Waals surface area contributed by atoms with Gasteiger partial charge in [0.1, 0.15) is 0 Å². The molecule has 0 saturated carbocycles. The van der Waals surface area contributed by atoms with Gasteiger partial charge in [-0.1, -0.05) is 6.92 Å². The summed E-state index contributed by atoms with van der Waals surface area (Å²) >= 11 is 5.50. The SMILES string of the molecule is CCCS(=O)(=O)N1CCN(C(=O)CCCl)CC1. The summed E-state index contributed by atoms with van der Waals surface area (Å²) in [6.07, 6.45) is 0.941. The number of halogens is 1. The highest BCUT2D eigenvalue weighted by molar-refractivity contribution is 7.89. The van der Waals surface area contributed by atoms with Crippen LogP contribution in [-0.2, 0) is 14.8 Å². The number of hydrogen-bond donors (Lipinski definition) is 0. The minimum atomic E-state index is -3.13. The maximum absolute atomic E-state index is 11.8. The summed E-state index contributed by atoms with van der Waals surface area (Å²) in [4.78, 5) is 13.2. The predicted octanol–water partition coefficient (Wildman–Crippen LogP) is 0.499. The van der Waals surface area contributed by atoms with Crippen molar-refractivity contribution in [1.82, 2.24) is 9.21 Å². The Labute approximate surface area is 108 Å². The third-order valence-corrected chi connectivity index (χ3v) is 5.02. The second-order valence-corrected chi connectivity index (χ2v) is 6.50. The Morgan fingerprint density at radius 2 is 1.82 bits per heavy atom. The Morgan fingerprint density at radius 3 is 2.29 bits per heavy atom. The minimum Gasteiger partial charge on any atom is -0.340 e. The Hall–Kier alpha value is -0.330. The van der Waals surface area contributed by atoms with Crippen molar-refractivity contribution in [2.24, 2.45) is 0 Å². The van der Waals surface area contributed by atoms with Crippen LogP contribution in [0.5, 0.6) is 0 Å². The molecule has 1 saturated heterocycles. The number of rotatable bonds is 5. The third-order valence-electron chi connectivity index (χ3n) is 2.76. The average molecular weight is 283 g/mol. The van der Waals surface area contributed by atoms with E-state index in [2.05, 4.69) is 0 Å². The van der Waals surface area contributed by atoms with Gasteiger partial charge in [-0.05, 0) is 6.42 Å². The molecule has 0 aromatic carbocycles. The van der Waals surface area contributed by atoms with E-state index in [1.807, 2.05) is 6.92 Å². The zero-order valence-electron chi connectivity index (χ0n) is 10.1. The lowest BCUT2D eigenvalue weighted by Gasteiger charge is -2.33. The van der Waals surface area contributed by atoms with Gasteiger partial charge in [-0.15, -0.1) is 11.6 Å². The van der Waals surface area contributed by atoms with E-state index >= 15 is 0 Å². The molecule has 1 rings (SSSR count). The van der Waals surface area contributed by atoms with Crippen molar-refractivity contribution in [3.8, 4) is 0 Å². The molecular weight excluding hydrogens is 264 g/mol. The number of carbonyl (C=O) groups excluding carboxylic acids is 1. The first-order chi connectivity index (χ1) is 8.01. The number of nitrogens with zero attached hydrogens (tertiary/aromatic N) is 2. The largest absolute Gasteiger partial charge is 0.340 e. The fraction of sp³-hybridized carbons (Fsp3) is 0.900. The maximum atomic E-state index is 11.8. The van der Waals surface area contributed by atoms with Crippen LogP contribution < -0.4 is 0 Å². The minimum absolute atomic E-state index is 0.00698. The lowest BCUT2D eigenvalue weighted by molar-refractivity contribution is -0.131. The van der Waals surface area contributed by atoms with Gasteiger partial charge in [-0.25, -0.2) is 8.42 Å².